The SMILES string of the molecule is C=CC(=O)N1CCn2nc(-c3nc(-c4ccc5c(c4)nc(C)n5C)c4occc4c3-c3c(F)cc(F)cc3OCCOC)cc2[C@H]1C. The van der Waals surface area contributed by atoms with Crippen molar-refractivity contribution in [1.82, 2.24) is 29.2 Å². The quantitative estimate of drug-likeness (QED) is 0.137. The Kier molecular flexibility index (Phi) is 7.59. The number of carbonyl (C=O) groups excluding carboxylic acids is 1. The largest absolute Gasteiger partial charge is 0.490 e. The first-order valence-electron chi connectivity index (χ1n) is 15.2. The fourth-order valence-electron chi connectivity index (χ4n) is 6.31. The number of fused-ring (bicyclic) bond motifs is 3. The molecule has 1 aliphatic rings. The molecule has 7 rings (SSSR count). The molecule has 0 saturated carbocycles. The van der Waals surface area contributed by atoms with Crippen LogP contribution in [0.1, 0.15) is 24.5 Å². The third-order valence-corrected chi connectivity index (χ3v) is 8.76. The Morgan fingerprint density at radius 1 is 1.09 bits per heavy atom. The maximum atomic E-state index is 16.0. The number of aryl methyl sites for hydroxylation is 2. The van der Waals surface area contributed by atoms with Crippen LogP contribution in [0.3, 0.4) is 0 Å². The maximum absolute atomic E-state index is 16.0. The van der Waals surface area contributed by atoms with Crippen LogP contribution in [0.15, 0.2) is 65.8 Å². The number of pyridine rings is 1. The minimum Gasteiger partial charge on any atom is -0.490 e. The lowest BCUT2D eigenvalue weighted by Gasteiger charge is -2.33. The first-order valence-corrected chi connectivity index (χ1v) is 15.2. The van der Waals surface area contributed by atoms with Crippen LogP contribution in [0.5, 0.6) is 5.75 Å². The number of carbonyl (C=O) groups is 1. The number of methoxy groups -OCH3 is 1. The van der Waals surface area contributed by atoms with E-state index in [-0.39, 0.29) is 36.5 Å². The highest BCUT2D eigenvalue weighted by Gasteiger charge is 2.31. The summed E-state index contributed by atoms with van der Waals surface area (Å²) in [5.41, 5.74) is 5.29. The Bertz CT molecular complexity index is 2200. The minimum absolute atomic E-state index is 0.0108. The number of furan rings is 1. The van der Waals surface area contributed by atoms with Crippen molar-refractivity contribution in [2.45, 2.75) is 26.4 Å². The van der Waals surface area contributed by atoms with Crippen LogP contribution in [0.4, 0.5) is 8.78 Å². The zero-order valence-electron chi connectivity index (χ0n) is 26.4. The number of hydrogen-bond donors (Lipinski definition) is 0. The first-order chi connectivity index (χ1) is 22.7. The van der Waals surface area contributed by atoms with E-state index < -0.39 is 11.6 Å². The third kappa shape index (κ3) is 5.05. The lowest BCUT2D eigenvalue weighted by atomic mass is 9.94. The van der Waals surface area contributed by atoms with Crippen molar-refractivity contribution in [3.05, 3.63) is 84.5 Å². The monoisotopic (exact) mass is 638 g/mol. The van der Waals surface area contributed by atoms with Gasteiger partial charge in [0.1, 0.15) is 46.9 Å². The average molecular weight is 639 g/mol. The second-order valence-corrected chi connectivity index (χ2v) is 11.5. The molecule has 1 aliphatic heterocycles. The highest BCUT2D eigenvalue weighted by Crippen LogP contribution is 2.46. The number of aromatic nitrogens is 5. The summed E-state index contributed by atoms with van der Waals surface area (Å²) in [6, 6.07) is 11.1. The Labute approximate surface area is 268 Å². The second-order valence-electron chi connectivity index (χ2n) is 11.5. The third-order valence-electron chi connectivity index (χ3n) is 8.76. The molecule has 12 heteroatoms. The Morgan fingerprint density at radius 2 is 1.91 bits per heavy atom. The predicted molar refractivity (Wildman–Crippen MR) is 173 cm³/mol. The van der Waals surface area contributed by atoms with Crippen LogP contribution in [0.25, 0.3) is 55.8 Å². The molecule has 0 N–H and O–H groups in total. The van der Waals surface area contributed by atoms with E-state index in [9.17, 15) is 9.18 Å². The van der Waals surface area contributed by atoms with E-state index in [0.29, 0.717) is 46.7 Å². The molecule has 1 amide bonds. The van der Waals surface area contributed by atoms with Crippen molar-refractivity contribution in [1.29, 1.82) is 0 Å². The number of ether oxygens (including phenoxy) is 2. The Morgan fingerprint density at radius 3 is 2.70 bits per heavy atom. The second kappa shape index (κ2) is 11.8. The zero-order valence-corrected chi connectivity index (χ0v) is 26.4. The molecule has 0 bridgehead atoms. The lowest BCUT2D eigenvalue weighted by molar-refractivity contribution is -0.129. The molecular formula is C35H32F2N6O4. The Hall–Kier alpha value is -5.36. The molecule has 0 saturated heterocycles. The first kappa shape index (κ1) is 30.3. The summed E-state index contributed by atoms with van der Waals surface area (Å²) in [5.74, 6) is -0.951. The molecule has 0 radical (unpaired) electrons. The highest BCUT2D eigenvalue weighted by molar-refractivity contribution is 6.07. The predicted octanol–water partition coefficient (Wildman–Crippen LogP) is 6.61. The summed E-state index contributed by atoms with van der Waals surface area (Å²) < 4.78 is 51.5. The fourth-order valence-corrected chi connectivity index (χ4v) is 6.31. The van der Waals surface area contributed by atoms with Crippen LogP contribution in [-0.4, -0.2) is 62.0 Å². The van der Waals surface area contributed by atoms with Gasteiger partial charge < -0.3 is 23.4 Å². The fraction of sp³-hybridized carbons (Fsp3) is 0.257. The van der Waals surface area contributed by atoms with E-state index >= 15 is 4.39 Å². The van der Waals surface area contributed by atoms with Gasteiger partial charge in [-0.1, -0.05) is 12.6 Å². The molecule has 1 atom stereocenters. The van der Waals surface area contributed by atoms with Gasteiger partial charge in [-0.05, 0) is 44.2 Å². The molecule has 4 aromatic heterocycles. The zero-order chi connectivity index (χ0) is 33.0. The van der Waals surface area contributed by atoms with Gasteiger partial charge in [-0.15, -0.1) is 0 Å². The molecular weight excluding hydrogens is 606 g/mol. The minimum atomic E-state index is -0.832. The summed E-state index contributed by atoms with van der Waals surface area (Å²) >= 11 is 0. The summed E-state index contributed by atoms with van der Waals surface area (Å²) in [4.78, 5) is 24.1. The van der Waals surface area contributed by atoms with E-state index in [1.807, 2.05) is 54.4 Å². The van der Waals surface area contributed by atoms with Crippen molar-refractivity contribution < 1.29 is 27.5 Å². The molecule has 2 aromatic carbocycles. The summed E-state index contributed by atoms with van der Waals surface area (Å²) in [7, 11) is 3.47. The van der Waals surface area contributed by atoms with Crippen LogP contribution in [-0.2, 0) is 23.1 Å². The van der Waals surface area contributed by atoms with Gasteiger partial charge in [-0.2, -0.15) is 5.10 Å². The van der Waals surface area contributed by atoms with E-state index in [1.54, 1.807) is 11.0 Å². The topological polar surface area (TPSA) is 100 Å². The number of benzene rings is 2. The van der Waals surface area contributed by atoms with Gasteiger partial charge in [0.25, 0.3) is 0 Å². The van der Waals surface area contributed by atoms with Gasteiger partial charge in [0.2, 0.25) is 5.91 Å². The number of rotatable bonds is 8. The average Bonchev–Trinajstić information content (AvgIpc) is 3.78. The number of imidazole rings is 1. The summed E-state index contributed by atoms with van der Waals surface area (Å²) in [6.07, 6.45) is 2.81. The van der Waals surface area contributed by atoms with Gasteiger partial charge in [0, 0.05) is 49.3 Å². The molecule has 10 nitrogen and oxygen atoms in total. The summed E-state index contributed by atoms with van der Waals surface area (Å²) in [6.45, 7) is 8.66. The molecule has 5 heterocycles. The lowest BCUT2D eigenvalue weighted by Crippen LogP contribution is -2.40. The van der Waals surface area contributed by atoms with Crippen molar-refractivity contribution in [2.75, 3.05) is 26.9 Å². The molecule has 0 aliphatic carbocycles. The van der Waals surface area contributed by atoms with E-state index in [1.165, 1.54) is 19.4 Å². The van der Waals surface area contributed by atoms with E-state index in [0.717, 1.165) is 40.2 Å². The van der Waals surface area contributed by atoms with Crippen molar-refractivity contribution in [3.8, 4) is 39.5 Å². The smallest absolute Gasteiger partial charge is 0.246 e. The molecule has 0 unspecified atom stereocenters. The Balaban J connectivity index is 1.50. The van der Waals surface area contributed by atoms with Crippen LogP contribution in [0.2, 0.25) is 0 Å². The van der Waals surface area contributed by atoms with Gasteiger partial charge in [0.05, 0.1) is 47.7 Å². The van der Waals surface area contributed by atoms with E-state index in [4.69, 9.17) is 29.0 Å². The summed E-state index contributed by atoms with van der Waals surface area (Å²) in [5, 5.41) is 5.44. The van der Waals surface area contributed by atoms with Gasteiger partial charge in [-0.3, -0.25) is 9.48 Å². The molecule has 240 valence electrons. The molecule has 6 aromatic rings. The van der Waals surface area contributed by atoms with Gasteiger partial charge in [-0.25, -0.2) is 18.7 Å². The number of amides is 1. The number of halogens is 2. The van der Waals surface area contributed by atoms with Gasteiger partial charge in [0.15, 0.2) is 5.58 Å². The van der Waals surface area contributed by atoms with Crippen molar-refractivity contribution >= 4 is 27.9 Å². The van der Waals surface area contributed by atoms with Gasteiger partial charge >= 0.3 is 0 Å². The highest BCUT2D eigenvalue weighted by atomic mass is 19.1. The van der Waals surface area contributed by atoms with Crippen LogP contribution >= 0.6 is 0 Å². The number of nitrogens with zero attached hydrogens (tertiary/aromatic N) is 6. The van der Waals surface area contributed by atoms with Crippen LogP contribution < -0.4 is 4.74 Å². The standard InChI is InChI=1S/C35H32F2N6O4/c1-6-30(44)42-10-11-43-28(19(42)2)18-26(40-43)34-31(32-24(37)16-22(36)17-29(32)46-14-13-45-5)23-9-12-47-35(23)33(39-34)21-7-8-27-25(15-21)38-20(3)41(27)4/h6-9,12,15-19H,1,10-11,13-14H2,2-5H3/t19-/m1/s1. The normalized spacial score (nSPS) is 14.6. The van der Waals surface area contributed by atoms with Crippen LogP contribution in [0, 0.1) is 18.6 Å². The van der Waals surface area contributed by atoms with Crippen molar-refractivity contribution in [2.24, 2.45) is 7.05 Å². The molecule has 47 heavy (non-hydrogen) atoms. The van der Waals surface area contributed by atoms with Crippen molar-refractivity contribution in [3.63, 3.8) is 0 Å². The van der Waals surface area contributed by atoms with E-state index in [2.05, 4.69) is 6.58 Å². The molecule has 0 fully saturated rings. The number of hydrogen-bond acceptors (Lipinski definition) is 7. The molecule has 0 spiro atoms. The maximum Gasteiger partial charge on any atom is 0.246 e.